The molecule has 0 radical (unpaired) electrons. The van der Waals surface area contributed by atoms with E-state index in [4.69, 9.17) is 10.4 Å². The number of nitrogens with zero attached hydrogens (tertiary/aromatic N) is 6. The summed E-state index contributed by atoms with van der Waals surface area (Å²) in [6.07, 6.45) is 4.45. The Labute approximate surface area is 159 Å². The van der Waals surface area contributed by atoms with E-state index in [-0.39, 0.29) is 5.91 Å². The van der Waals surface area contributed by atoms with Crippen molar-refractivity contribution in [2.45, 2.75) is 45.2 Å². The van der Waals surface area contributed by atoms with Gasteiger partial charge in [0.1, 0.15) is 17.6 Å². The number of hydrogen-bond donors (Lipinski definition) is 0. The molecule has 2 aliphatic rings. The van der Waals surface area contributed by atoms with Gasteiger partial charge in [0, 0.05) is 39.0 Å². The third-order valence-electron chi connectivity index (χ3n) is 5.29. The lowest BCUT2D eigenvalue weighted by Crippen LogP contribution is -2.27. The minimum atomic E-state index is 0.245. The molecule has 0 atom stereocenters. The summed E-state index contributed by atoms with van der Waals surface area (Å²) in [7, 11) is 0. The number of hydrogen-bond acceptors (Lipinski definition) is 5. The highest BCUT2D eigenvalue weighted by atomic mass is 16.2. The molecule has 0 spiro atoms. The van der Waals surface area contributed by atoms with Gasteiger partial charge in [-0.2, -0.15) is 10.4 Å². The summed E-state index contributed by atoms with van der Waals surface area (Å²) in [5.41, 5.74) is 2.56. The van der Waals surface area contributed by atoms with Gasteiger partial charge in [0.05, 0.1) is 17.9 Å². The Morgan fingerprint density at radius 1 is 1.15 bits per heavy atom. The Balaban J connectivity index is 1.43. The Bertz CT molecular complexity index is 862. The van der Waals surface area contributed by atoms with Crippen LogP contribution in [-0.4, -0.2) is 45.2 Å². The molecule has 7 nitrogen and oxygen atoms in total. The van der Waals surface area contributed by atoms with Crippen LogP contribution in [-0.2, 0) is 24.3 Å². The first-order valence-electron chi connectivity index (χ1n) is 9.68. The van der Waals surface area contributed by atoms with Gasteiger partial charge in [-0.25, -0.2) is 4.98 Å². The zero-order valence-electron chi connectivity index (χ0n) is 15.5. The molecule has 0 aromatic carbocycles. The second-order valence-electron chi connectivity index (χ2n) is 7.21. The maximum Gasteiger partial charge on any atom is 0.222 e. The van der Waals surface area contributed by atoms with E-state index in [9.17, 15) is 4.79 Å². The number of anilines is 1. The minimum Gasteiger partial charge on any atom is -0.351 e. The van der Waals surface area contributed by atoms with Crippen LogP contribution in [0.1, 0.15) is 42.8 Å². The Kier molecular flexibility index (Phi) is 5.05. The van der Waals surface area contributed by atoms with Gasteiger partial charge in [-0.05, 0) is 37.5 Å². The van der Waals surface area contributed by atoms with Crippen molar-refractivity contribution in [1.29, 1.82) is 5.26 Å². The summed E-state index contributed by atoms with van der Waals surface area (Å²) in [4.78, 5) is 20.9. The zero-order chi connectivity index (χ0) is 18.6. The SMILES string of the molecule is N#Cc1cccc(N2CCCn3nc(CCC(=O)N4CCCC4)cc3C2)n1. The van der Waals surface area contributed by atoms with Gasteiger partial charge in [0.15, 0.2) is 0 Å². The van der Waals surface area contributed by atoms with Crippen molar-refractivity contribution in [3.05, 3.63) is 41.3 Å². The smallest absolute Gasteiger partial charge is 0.222 e. The normalized spacial score (nSPS) is 16.7. The average molecular weight is 364 g/mol. The molecule has 1 fully saturated rings. The summed E-state index contributed by atoms with van der Waals surface area (Å²) in [5, 5.41) is 13.8. The standard InChI is InChI=1S/C20H24N6O/c21-14-17-5-3-6-19(22-17)25-11-4-12-26-18(15-25)13-16(23-26)7-8-20(27)24-9-1-2-10-24/h3,5-6,13H,1-2,4,7-12,15H2. The first kappa shape index (κ1) is 17.5. The van der Waals surface area contributed by atoms with Gasteiger partial charge in [0.25, 0.3) is 0 Å². The van der Waals surface area contributed by atoms with Gasteiger partial charge >= 0.3 is 0 Å². The fraction of sp³-hybridized carbons (Fsp3) is 0.500. The van der Waals surface area contributed by atoms with E-state index in [0.29, 0.717) is 18.5 Å². The molecular weight excluding hydrogens is 340 g/mol. The lowest BCUT2D eigenvalue weighted by molar-refractivity contribution is -0.130. The average Bonchev–Trinajstić information content (AvgIpc) is 3.32. The van der Waals surface area contributed by atoms with Crippen LogP contribution in [0.25, 0.3) is 0 Å². The van der Waals surface area contributed by atoms with Crippen LogP contribution in [0.15, 0.2) is 24.3 Å². The molecule has 2 aliphatic heterocycles. The number of nitriles is 1. The van der Waals surface area contributed by atoms with E-state index >= 15 is 0 Å². The highest BCUT2D eigenvalue weighted by molar-refractivity contribution is 5.76. The van der Waals surface area contributed by atoms with Crippen molar-refractivity contribution in [2.24, 2.45) is 0 Å². The van der Waals surface area contributed by atoms with E-state index in [1.165, 1.54) is 0 Å². The van der Waals surface area contributed by atoms with Gasteiger partial charge in [0.2, 0.25) is 5.91 Å². The van der Waals surface area contributed by atoms with Crippen LogP contribution in [0.2, 0.25) is 0 Å². The van der Waals surface area contributed by atoms with E-state index in [2.05, 4.69) is 26.7 Å². The van der Waals surface area contributed by atoms with E-state index in [0.717, 1.165) is 69.2 Å². The molecule has 0 bridgehead atoms. The Morgan fingerprint density at radius 2 is 2.00 bits per heavy atom. The molecule has 0 aliphatic carbocycles. The second kappa shape index (κ2) is 7.78. The van der Waals surface area contributed by atoms with E-state index < -0.39 is 0 Å². The van der Waals surface area contributed by atoms with Crippen LogP contribution in [0.4, 0.5) is 5.82 Å². The summed E-state index contributed by atoms with van der Waals surface area (Å²) in [5.74, 6) is 1.07. The zero-order valence-corrected chi connectivity index (χ0v) is 15.5. The van der Waals surface area contributed by atoms with Crippen LogP contribution in [0, 0.1) is 11.3 Å². The topological polar surface area (TPSA) is 78.0 Å². The van der Waals surface area contributed by atoms with Crippen LogP contribution >= 0.6 is 0 Å². The summed E-state index contributed by atoms with van der Waals surface area (Å²) in [6, 6.07) is 9.76. The van der Waals surface area contributed by atoms with Crippen molar-refractivity contribution in [3.63, 3.8) is 0 Å². The third-order valence-corrected chi connectivity index (χ3v) is 5.29. The first-order chi connectivity index (χ1) is 13.2. The van der Waals surface area contributed by atoms with E-state index in [1.54, 1.807) is 6.07 Å². The predicted molar refractivity (Wildman–Crippen MR) is 101 cm³/mol. The number of carbonyl (C=O) groups excluding carboxylic acids is 1. The molecule has 0 saturated carbocycles. The van der Waals surface area contributed by atoms with Gasteiger partial charge in [-0.3, -0.25) is 9.48 Å². The molecule has 140 valence electrons. The largest absolute Gasteiger partial charge is 0.351 e. The quantitative estimate of drug-likeness (QED) is 0.830. The summed E-state index contributed by atoms with van der Waals surface area (Å²) < 4.78 is 2.06. The first-order valence-corrected chi connectivity index (χ1v) is 9.68. The highest BCUT2D eigenvalue weighted by Gasteiger charge is 2.20. The maximum absolute atomic E-state index is 12.3. The maximum atomic E-state index is 12.3. The molecule has 4 rings (SSSR count). The number of amides is 1. The van der Waals surface area contributed by atoms with Crippen molar-refractivity contribution < 1.29 is 4.79 Å². The monoisotopic (exact) mass is 364 g/mol. The van der Waals surface area contributed by atoms with Crippen molar-refractivity contribution in [1.82, 2.24) is 19.7 Å². The number of likely N-dealkylation sites (tertiary alicyclic amines) is 1. The van der Waals surface area contributed by atoms with Gasteiger partial charge < -0.3 is 9.80 Å². The number of carbonyl (C=O) groups is 1. The number of fused-ring (bicyclic) bond motifs is 1. The predicted octanol–water partition coefficient (Wildman–Crippen LogP) is 2.12. The molecule has 2 aromatic heterocycles. The van der Waals surface area contributed by atoms with Crippen molar-refractivity contribution in [3.8, 4) is 6.07 Å². The molecular formula is C20H24N6O. The number of aromatic nitrogens is 3. The van der Waals surface area contributed by atoms with Crippen molar-refractivity contribution in [2.75, 3.05) is 24.5 Å². The summed E-state index contributed by atoms with van der Waals surface area (Å²) in [6.45, 7) is 4.28. The lowest BCUT2D eigenvalue weighted by Gasteiger charge is -2.21. The molecule has 2 aromatic rings. The van der Waals surface area contributed by atoms with Crippen molar-refractivity contribution >= 4 is 11.7 Å². The number of rotatable bonds is 4. The molecule has 0 N–H and O–H groups in total. The molecule has 1 amide bonds. The Hall–Kier alpha value is -2.88. The van der Waals surface area contributed by atoms with Crippen LogP contribution in [0.3, 0.4) is 0 Å². The van der Waals surface area contributed by atoms with Crippen LogP contribution < -0.4 is 4.90 Å². The Morgan fingerprint density at radius 3 is 2.81 bits per heavy atom. The molecule has 27 heavy (non-hydrogen) atoms. The molecule has 4 heterocycles. The molecule has 1 saturated heterocycles. The number of pyridine rings is 1. The highest BCUT2D eigenvalue weighted by Crippen LogP contribution is 2.20. The third kappa shape index (κ3) is 3.95. The minimum absolute atomic E-state index is 0.245. The molecule has 0 unspecified atom stereocenters. The fourth-order valence-corrected chi connectivity index (χ4v) is 3.86. The van der Waals surface area contributed by atoms with Gasteiger partial charge in [-0.1, -0.05) is 6.07 Å². The van der Waals surface area contributed by atoms with E-state index in [1.807, 2.05) is 17.0 Å². The second-order valence-corrected chi connectivity index (χ2v) is 7.21. The summed E-state index contributed by atoms with van der Waals surface area (Å²) >= 11 is 0. The molecule has 7 heteroatoms. The lowest BCUT2D eigenvalue weighted by atomic mass is 10.2. The van der Waals surface area contributed by atoms with Gasteiger partial charge in [-0.15, -0.1) is 0 Å². The van der Waals surface area contributed by atoms with Crippen LogP contribution in [0.5, 0.6) is 0 Å². The number of aryl methyl sites for hydroxylation is 2. The fourth-order valence-electron chi connectivity index (χ4n) is 3.86.